The molecule has 3 aromatic rings. The molecule has 0 bridgehead atoms. The Morgan fingerprint density at radius 1 is 1.33 bits per heavy atom. The maximum Gasteiger partial charge on any atom is 0.373 e. The summed E-state index contributed by atoms with van der Waals surface area (Å²) in [5, 5.41) is 18.3. The second-order valence-electron chi connectivity index (χ2n) is 6.45. The third-order valence-corrected chi connectivity index (χ3v) is 6.50. The molecule has 4 heterocycles. The average Bonchev–Trinajstić information content (AvgIpc) is 3.38. The summed E-state index contributed by atoms with van der Waals surface area (Å²) in [6.07, 6.45) is 3.86. The second-order valence-corrected chi connectivity index (χ2v) is 8.36. The number of nitro groups is 1. The van der Waals surface area contributed by atoms with E-state index in [4.69, 9.17) is 0 Å². The summed E-state index contributed by atoms with van der Waals surface area (Å²) in [4.78, 5) is 31.7. The summed E-state index contributed by atoms with van der Waals surface area (Å²) in [6.45, 7) is 1.83. The molecule has 0 aliphatic carbocycles. The van der Waals surface area contributed by atoms with Crippen molar-refractivity contribution >= 4 is 45.2 Å². The molecule has 0 radical (unpaired) electrons. The van der Waals surface area contributed by atoms with Gasteiger partial charge >= 0.3 is 5.82 Å². The molecule has 1 N–H and O–H groups in total. The van der Waals surface area contributed by atoms with E-state index >= 15 is 0 Å². The highest BCUT2D eigenvalue weighted by Gasteiger charge is 2.32. The number of amides is 1. The number of hydrogen-bond donors (Lipinski definition) is 1. The van der Waals surface area contributed by atoms with Gasteiger partial charge in [0.15, 0.2) is 0 Å². The highest BCUT2D eigenvalue weighted by atomic mass is 32.1. The number of carbonyl (C=O) groups is 1. The lowest BCUT2D eigenvalue weighted by molar-refractivity contribution is -0.389. The number of aromatic nitrogens is 2. The standard InChI is InChI=1S/C17H19N5O3S2/c23-15(18-6-3-13-2-1-10-26-13)12-4-7-20(8-5-12)14-16(22(24)25)21-9-11-27-17(21)19-14/h1-2,9-12H,3-8H2,(H,18,23). The van der Waals surface area contributed by atoms with Crippen molar-refractivity contribution in [2.24, 2.45) is 5.92 Å². The molecule has 0 atom stereocenters. The minimum absolute atomic E-state index is 0.00472. The van der Waals surface area contributed by atoms with Gasteiger partial charge in [0, 0.05) is 35.8 Å². The summed E-state index contributed by atoms with van der Waals surface area (Å²) in [5.74, 6) is 0.437. The van der Waals surface area contributed by atoms with Crippen LogP contribution in [0, 0.1) is 16.0 Å². The van der Waals surface area contributed by atoms with E-state index in [1.165, 1.54) is 20.6 Å². The second kappa shape index (κ2) is 7.65. The van der Waals surface area contributed by atoms with Crippen molar-refractivity contribution in [2.45, 2.75) is 19.3 Å². The van der Waals surface area contributed by atoms with Crippen molar-refractivity contribution < 1.29 is 9.72 Å². The molecule has 0 unspecified atom stereocenters. The van der Waals surface area contributed by atoms with Gasteiger partial charge in [-0.25, -0.2) is 0 Å². The molecule has 1 amide bonds. The number of imidazole rings is 1. The van der Waals surface area contributed by atoms with E-state index in [1.54, 1.807) is 22.9 Å². The predicted octanol–water partition coefficient (Wildman–Crippen LogP) is 2.94. The number of anilines is 1. The first kappa shape index (κ1) is 17.9. The molecule has 0 spiro atoms. The number of hydrogen-bond acceptors (Lipinski definition) is 7. The quantitative estimate of drug-likeness (QED) is 0.503. The van der Waals surface area contributed by atoms with Crippen molar-refractivity contribution in [3.63, 3.8) is 0 Å². The molecular formula is C17H19N5O3S2. The summed E-state index contributed by atoms with van der Waals surface area (Å²) in [7, 11) is 0. The van der Waals surface area contributed by atoms with Crippen molar-refractivity contribution in [3.05, 3.63) is 44.1 Å². The normalized spacial score (nSPS) is 15.3. The van der Waals surface area contributed by atoms with Crippen molar-refractivity contribution in [3.8, 4) is 0 Å². The van der Waals surface area contributed by atoms with Crippen LogP contribution >= 0.6 is 22.7 Å². The number of carbonyl (C=O) groups excluding carboxylic acids is 1. The summed E-state index contributed by atoms with van der Waals surface area (Å²) >= 11 is 3.07. The minimum atomic E-state index is -0.384. The molecule has 1 aliphatic heterocycles. The first-order valence-corrected chi connectivity index (χ1v) is 10.5. The van der Waals surface area contributed by atoms with E-state index in [0.717, 1.165) is 6.42 Å². The van der Waals surface area contributed by atoms with Crippen LogP contribution in [0.5, 0.6) is 0 Å². The molecule has 10 heteroatoms. The molecule has 3 aromatic heterocycles. The Morgan fingerprint density at radius 2 is 2.15 bits per heavy atom. The third kappa shape index (κ3) is 3.67. The van der Waals surface area contributed by atoms with Crippen LogP contribution in [0.15, 0.2) is 29.1 Å². The van der Waals surface area contributed by atoms with Crippen LogP contribution in [0.3, 0.4) is 0 Å². The van der Waals surface area contributed by atoms with Crippen LogP contribution in [0.25, 0.3) is 4.96 Å². The molecule has 27 heavy (non-hydrogen) atoms. The highest BCUT2D eigenvalue weighted by Crippen LogP contribution is 2.33. The van der Waals surface area contributed by atoms with E-state index in [1.807, 2.05) is 16.3 Å². The summed E-state index contributed by atoms with van der Waals surface area (Å²) in [6, 6.07) is 4.08. The van der Waals surface area contributed by atoms with Crippen LogP contribution in [-0.2, 0) is 11.2 Å². The zero-order valence-corrected chi connectivity index (χ0v) is 16.2. The monoisotopic (exact) mass is 405 g/mol. The van der Waals surface area contributed by atoms with Gasteiger partial charge in [-0.1, -0.05) is 17.4 Å². The fourth-order valence-corrected chi connectivity index (χ4v) is 4.82. The van der Waals surface area contributed by atoms with Crippen LogP contribution in [-0.4, -0.2) is 39.8 Å². The highest BCUT2D eigenvalue weighted by molar-refractivity contribution is 7.15. The molecule has 0 aromatic carbocycles. The number of thiazole rings is 1. The number of piperidine rings is 1. The van der Waals surface area contributed by atoms with Gasteiger partial charge in [0.05, 0.1) is 0 Å². The largest absolute Gasteiger partial charge is 0.373 e. The topological polar surface area (TPSA) is 92.8 Å². The van der Waals surface area contributed by atoms with Crippen LogP contribution in [0.1, 0.15) is 17.7 Å². The molecule has 1 fully saturated rings. The lowest BCUT2D eigenvalue weighted by Crippen LogP contribution is -2.41. The van der Waals surface area contributed by atoms with Crippen LogP contribution in [0.2, 0.25) is 0 Å². The van der Waals surface area contributed by atoms with Gasteiger partial charge in [-0.2, -0.15) is 9.38 Å². The maximum atomic E-state index is 12.4. The molecule has 1 aliphatic rings. The zero-order valence-electron chi connectivity index (χ0n) is 14.5. The Balaban J connectivity index is 1.35. The lowest BCUT2D eigenvalue weighted by atomic mass is 9.96. The molecular weight excluding hydrogens is 386 g/mol. The molecule has 4 rings (SSSR count). The van der Waals surface area contributed by atoms with E-state index in [-0.39, 0.29) is 22.6 Å². The van der Waals surface area contributed by atoms with Crippen LogP contribution in [0.4, 0.5) is 11.6 Å². The van der Waals surface area contributed by atoms with E-state index < -0.39 is 0 Å². The Bertz CT molecular complexity index is 941. The maximum absolute atomic E-state index is 12.4. The number of nitrogens with zero attached hydrogens (tertiary/aromatic N) is 4. The number of rotatable bonds is 6. The first-order chi connectivity index (χ1) is 13.1. The Kier molecular flexibility index (Phi) is 5.08. The summed E-state index contributed by atoms with van der Waals surface area (Å²) < 4.78 is 1.52. The number of fused-ring (bicyclic) bond motifs is 1. The van der Waals surface area contributed by atoms with Gasteiger partial charge in [-0.3, -0.25) is 4.79 Å². The number of thiophene rings is 1. The first-order valence-electron chi connectivity index (χ1n) is 8.78. The molecule has 1 saturated heterocycles. The van der Waals surface area contributed by atoms with E-state index in [9.17, 15) is 14.9 Å². The molecule has 8 nitrogen and oxygen atoms in total. The zero-order chi connectivity index (χ0) is 18.8. The molecule has 0 saturated carbocycles. The van der Waals surface area contributed by atoms with Gasteiger partial charge in [0.1, 0.15) is 6.20 Å². The van der Waals surface area contributed by atoms with Gasteiger partial charge < -0.3 is 20.3 Å². The minimum Gasteiger partial charge on any atom is -0.358 e. The average molecular weight is 406 g/mol. The molecule has 142 valence electrons. The van der Waals surface area contributed by atoms with Gasteiger partial charge in [0.2, 0.25) is 11.7 Å². The van der Waals surface area contributed by atoms with Crippen LogP contribution < -0.4 is 10.2 Å². The predicted molar refractivity (Wildman–Crippen MR) is 106 cm³/mol. The van der Waals surface area contributed by atoms with E-state index in [2.05, 4.69) is 16.4 Å². The van der Waals surface area contributed by atoms with Crippen molar-refractivity contribution in [1.29, 1.82) is 0 Å². The smallest absolute Gasteiger partial charge is 0.358 e. The van der Waals surface area contributed by atoms with E-state index in [0.29, 0.717) is 43.3 Å². The Hall–Kier alpha value is -2.46. The SMILES string of the molecule is O=C(NCCc1cccs1)C1CCN(c2nc3sccn3c2[N+](=O)[O-])CC1. The van der Waals surface area contributed by atoms with Gasteiger partial charge in [-0.05, 0) is 35.6 Å². The third-order valence-electron chi connectivity index (χ3n) is 4.81. The Morgan fingerprint density at radius 3 is 2.85 bits per heavy atom. The van der Waals surface area contributed by atoms with Gasteiger partial charge in [-0.15, -0.1) is 11.3 Å². The number of nitrogens with one attached hydrogen (secondary N) is 1. The Labute approximate surface area is 163 Å². The fraction of sp³-hybridized carbons (Fsp3) is 0.412. The van der Waals surface area contributed by atoms with Gasteiger partial charge in [0.25, 0.3) is 4.96 Å². The van der Waals surface area contributed by atoms with Crippen molar-refractivity contribution in [1.82, 2.24) is 14.7 Å². The fourth-order valence-electron chi connectivity index (χ4n) is 3.41. The summed E-state index contributed by atoms with van der Waals surface area (Å²) in [5.41, 5.74) is 0. The van der Waals surface area contributed by atoms with Crippen molar-refractivity contribution in [2.75, 3.05) is 24.5 Å². The lowest BCUT2D eigenvalue weighted by Gasteiger charge is -2.31.